The number of hydrogen-bond acceptors (Lipinski definition) is 2. The van der Waals surface area contributed by atoms with E-state index in [0.29, 0.717) is 19.5 Å². The van der Waals surface area contributed by atoms with Gasteiger partial charge in [0.15, 0.2) is 0 Å². The van der Waals surface area contributed by atoms with Gasteiger partial charge in [-0.05, 0) is 22.4 Å². The van der Waals surface area contributed by atoms with Crippen molar-refractivity contribution in [2.45, 2.75) is 13.0 Å². The van der Waals surface area contributed by atoms with Crippen molar-refractivity contribution in [3.8, 4) is 0 Å². The van der Waals surface area contributed by atoms with Crippen molar-refractivity contribution >= 4 is 29.1 Å². The molecule has 19 heavy (non-hydrogen) atoms. The fourth-order valence-corrected chi connectivity index (χ4v) is 2.01. The maximum atomic E-state index is 11.7. The molecule has 3 nitrogen and oxygen atoms in total. The number of amides is 1. The molecule has 1 amide bonds. The zero-order chi connectivity index (χ0) is 13.0. The van der Waals surface area contributed by atoms with Crippen LogP contribution in [0.2, 0.25) is 0 Å². The Morgan fingerprint density at radius 2 is 1.84 bits per heavy atom. The second kappa shape index (κ2) is 7.12. The highest BCUT2D eigenvalue weighted by Gasteiger charge is 2.08. The van der Waals surface area contributed by atoms with E-state index in [2.05, 4.69) is 30.3 Å². The second-order valence-corrected chi connectivity index (χ2v) is 4.47. The Bertz CT molecular complexity index is 557. The molecule has 2 N–H and O–H groups in total. The summed E-state index contributed by atoms with van der Waals surface area (Å²) in [7, 11) is 1.81. The number of carbonyl (C=O) groups is 1. The minimum atomic E-state index is 0. The van der Waals surface area contributed by atoms with E-state index < -0.39 is 0 Å². The van der Waals surface area contributed by atoms with Gasteiger partial charge in [-0.3, -0.25) is 4.79 Å². The van der Waals surface area contributed by atoms with E-state index >= 15 is 0 Å². The quantitative estimate of drug-likeness (QED) is 0.934. The zero-order valence-corrected chi connectivity index (χ0v) is 11.8. The number of hydrogen-bond donors (Lipinski definition) is 1. The molecule has 2 aromatic rings. The molecule has 0 radical (unpaired) electrons. The molecular formula is C15H19ClN2O. The van der Waals surface area contributed by atoms with Gasteiger partial charge in [-0.1, -0.05) is 36.4 Å². The fourth-order valence-electron chi connectivity index (χ4n) is 2.01. The van der Waals surface area contributed by atoms with Gasteiger partial charge in [0.2, 0.25) is 5.91 Å². The predicted octanol–water partition coefficient (Wildman–Crippen LogP) is 2.57. The molecule has 102 valence electrons. The topological polar surface area (TPSA) is 46.3 Å². The molecule has 0 spiro atoms. The Hall–Kier alpha value is -1.58. The van der Waals surface area contributed by atoms with Crippen molar-refractivity contribution in [3.05, 3.63) is 48.0 Å². The summed E-state index contributed by atoms with van der Waals surface area (Å²) in [6.07, 6.45) is 0.407. The molecule has 0 aliphatic heterocycles. The molecule has 0 atom stereocenters. The van der Waals surface area contributed by atoms with Crippen molar-refractivity contribution < 1.29 is 4.79 Å². The van der Waals surface area contributed by atoms with Crippen LogP contribution < -0.4 is 5.73 Å². The summed E-state index contributed by atoms with van der Waals surface area (Å²) in [5.41, 5.74) is 6.53. The summed E-state index contributed by atoms with van der Waals surface area (Å²) >= 11 is 0. The Morgan fingerprint density at radius 3 is 2.53 bits per heavy atom. The van der Waals surface area contributed by atoms with Crippen LogP contribution in [0.4, 0.5) is 0 Å². The number of rotatable bonds is 4. The van der Waals surface area contributed by atoms with Crippen LogP contribution >= 0.6 is 12.4 Å². The summed E-state index contributed by atoms with van der Waals surface area (Å²) in [5.74, 6) is 0.0886. The van der Waals surface area contributed by atoms with Crippen LogP contribution in [0.15, 0.2) is 42.5 Å². The van der Waals surface area contributed by atoms with E-state index in [1.54, 1.807) is 4.90 Å². The highest BCUT2D eigenvalue weighted by atomic mass is 35.5. The SMILES string of the molecule is CN(Cc1ccc2ccccc2c1)C(=O)CCN.Cl. The first-order chi connectivity index (χ1) is 8.70. The molecule has 2 rings (SSSR count). The van der Waals surface area contributed by atoms with E-state index in [9.17, 15) is 4.79 Å². The summed E-state index contributed by atoms with van der Waals surface area (Å²) in [5, 5.41) is 2.42. The lowest BCUT2D eigenvalue weighted by molar-refractivity contribution is -0.130. The van der Waals surface area contributed by atoms with Gasteiger partial charge in [0, 0.05) is 26.6 Å². The van der Waals surface area contributed by atoms with Gasteiger partial charge in [-0.2, -0.15) is 0 Å². The summed E-state index contributed by atoms with van der Waals surface area (Å²) in [6, 6.07) is 14.5. The monoisotopic (exact) mass is 278 g/mol. The molecule has 0 saturated carbocycles. The molecule has 0 aromatic heterocycles. The molecular weight excluding hydrogens is 260 g/mol. The van der Waals surface area contributed by atoms with E-state index in [1.165, 1.54) is 10.8 Å². The van der Waals surface area contributed by atoms with Crippen LogP contribution in [0.25, 0.3) is 10.8 Å². The number of nitrogens with two attached hydrogens (primary N) is 1. The number of carbonyl (C=O) groups excluding carboxylic acids is 1. The van der Waals surface area contributed by atoms with Crippen LogP contribution in [-0.2, 0) is 11.3 Å². The zero-order valence-electron chi connectivity index (χ0n) is 11.0. The first-order valence-electron chi connectivity index (χ1n) is 6.12. The average Bonchev–Trinajstić information content (AvgIpc) is 2.39. The number of nitrogens with zero attached hydrogens (tertiary/aromatic N) is 1. The highest BCUT2D eigenvalue weighted by Crippen LogP contribution is 2.16. The van der Waals surface area contributed by atoms with Crippen molar-refractivity contribution in [1.29, 1.82) is 0 Å². The Morgan fingerprint density at radius 1 is 1.16 bits per heavy atom. The molecule has 0 unspecified atom stereocenters. The predicted molar refractivity (Wildman–Crippen MR) is 81.3 cm³/mol. The molecule has 4 heteroatoms. The van der Waals surface area contributed by atoms with Crippen molar-refractivity contribution in [3.63, 3.8) is 0 Å². The van der Waals surface area contributed by atoms with Crippen molar-refractivity contribution in [2.75, 3.05) is 13.6 Å². The standard InChI is InChI=1S/C15H18N2O.ClH/c1-17(15(18)8-9-16)11-12-6-7-13-4-2-3-5-14(13)10-12;/h2-7,10H,8-9,11,16H2,1H3;1H. The third kappa shape index (κ3) is 3.94. The van der Waals surface area contributed by atoms with Gasteiger partial charge < -0.3 is 10.6 Å². The van der Waals surface area contributed by atoms with Gasteiger partial charge in [-0.15, -0.1) is 12.4 Å². The number of benzene rings is 2. The lowest BCUT2D eigenvalue weighted by Crippen LogP contribution is -2.27. The van der Waals surface area contributed by atoms with Gasteiger partial charge in [-0.25, -0.2) is 0 Å². The minimum Gasteiger partial charge on any atom is -0.341 e. The van der Waals surface area contributed by atoms with Gasteiger partial charge in [0.25, 0.3) is 0 Å². The minimum absolute atomic E-state index is 0. The first kappa shape index (κ1) is 15.5. The van der Waals surface area contributed by atoms with E-state index in [0.717, 1.165) is 5.56 Å². The van der Waals surface area contributed by atoms with Crippen LogP contribution in [0.5, 0.6) is 0 Å². The van der Waals surface area contributed by atoms with E-state index in [-0.39, 0.29) is 18.3 Å². The van der Waals surface area contributed by atoms with Crippen molar-refractivity contribution in [1.82, 2.24) is 4.90 Å². The van der Waals surface area contributed by atoms with Gasteiger partial charge in [0.05, 0.1) is 0 Å². The summed E-state index contributed by atoms with van der Waals surface area (Å²) < 4.78 is 0. The molecule has 0 saturated heterocycles. The molecule has 2 aromatic carbocycles. The maximum Gasteiger partial charge on any atom is 0.223 e. The van der Waals surface area contributed by atoms with Crippen LogP contribution in [0.1, 0.15) is 12.0 Å². The van der Waals surface area contributed by atoms with Crippen molar-refractivity contribution in [2.24, 2.45) is 5.73 Å². The van der Waals surface area contributed by atoms with E-state index in [4.69, 9.17) is 5.73 Å². The lowest BCUT2D eigenvalue weighted by Gasteiger charge is -2.17. The third-order valence-corrected chi connectivity index (χ3v) is 3.02. The second-order valence-electron chi connectivity index (χ2n) is 4.47. The van der Waals surface area contributed by atoms with Crippen LogP contribution in [-0.4, -0.2) is 24.4 Å². The Balaban J connectivity index is 0.00000180. The fraction of sp³-hybridized carbons (Fsp3) is 0.267. The van der Waals surface area contributed by atoms with Gasteiger partial charge >= 0.3 is 0 Å². The normalized spacial score (nSPS) is 10.0. The molecule has 0 aliphatic carbocycles. The Labute approximate surface area is 119 Å². The van der Waals surface area contributed by atoms with E-state index in [1.807, 2.05) is 19.2 Å². The summed E-state index contributed by atoms with van der Waals surface area (Å²) in [4.78, 5) is 13.4. The number of fused-ring (bicyclic) bond motifs is 1. The lowest BCUT2D eigenvalue weighted by atomic mass is 10.1. The first-order valence-corrected chi connectivity index (χ1v) is 6.12. The molecule has 0 bridgehead atoms. The van der Waals surface area contributed by atoms with Crippen LogP contribution in [0, 0.1) is 0 Å². The van der Waals surface area contributed by atoms with Crippen LogP contribution in [0.3, 0.4) is 0 Å². The highest BCUT2D eigenvalue weighted by molar-refractivity contribution is 5.85. The number of halogens is 1. The molecule has 0 heterocycles. The Kier molecular flexibility index (Phi) is 5.80. The molecule has 0 aliphatic rings. The molecule has 0 fully saturated rings. The maximum absolute atomic E-state index is 11.7. The third-order valence-electron chi connectivity index (χ3n) is 3.02. The smallest absolute Gasteiger partial charge is 0.223 e. The van der Waals surface area contributed by atoms with Gasteiger partial charge in [0.1, 0.15) is 0 Å². The largest absolute Gasteiger partial charge is 0.341 e. The average molecular weight is 279 g/mol. The summed E-state index contributed by atoms with van der Waals surface area (Å²) in [6.45, 7) is 1.03.